The first-order valence-corrected chi connectivity index (χ1v) is 16.1. The van der Waals surface area contributed by atoms with Crippen molar-refractivity contribution in [2.24, 2.45) is 0 Å². The lowest BCUT2D eigenvalue weighted by atomic mass is 10.2. The van der Waals surface area contributed by atoms with E-state index in [2.05, 4.69) is 74.6 Å². The number of ether oxygens (including phenoxy) is 2. The zero-order valence-electron chi connectivity index (χ0n) is 24.6. The van der Waals surface area contributed by atoms with Crippen molar-refractivity contribution in [3.8, 4) is 0 Å². The summed E-state index contributed by atoms with van der Waals surface area (Å²) in [6, 6.07) is 7.87. The number of nitrogens with one attached hydrogen (secondary N) is 1. The predicted molar refractivity (Wildman–Crippen MR) is 177 cm³/mol. The predicted octanol–water partition coefficient (Wildman–Crippen LogP) is 6.18. The minimum absolute atomic E-state index is 0.200. The van der Waals surface area contributed by atoms with E-state index in [1.807, 2.05) is 65.8 Å². The molecule has 0 radical (unpaired) electrons. The van der Waals surface area contributed by atoms with Crippen molar-refractivity contribution in [3.05, 3.63) is 49.3 Å². The van der Waals surface area contributed by atoms with Gasteiger partial charge >= 0.3 is 12.2 Å². The van der Waals surface area contributed by atoms with E-state index in [1.165, 1.54) is 0 Å². The van der Waals surface area contributed by atoms with Gasteiger partial charge in [-0.05, 0) is 120 Å². The zero-order valence-corrected chi connectivity index (χ0v) is 30.0. The third-order valence-corrected chi connectivity index (χ3v) is 7.00. The fourth-order valence-electron chi connectivity index (χ4n) is 3.53. The molecule has 0 aromatic carbocycles. The molecule has 0 aliphatic carbocycles. The third-order valence-electron chi connectivity index (χ3n) is 5.43. The van der Waals surface area contributed by atoms with Gasteiger partial charge in [0.05, 0.1) is 0 Å². The zero-order chi connectivity index (χ0) is 30.6. The van der Waals surface area contributed by atoms with Crippen LogP contribution in [0.15, 0.2) is 45.6 Å². The quantitative estimate of drug-likeness (QED) is 0.270. The smallest absolute Gasteiger partial charge is 0.410 e. The molecule has 2 aliphatic heterocycles. The standard InChI is InChI=1S/C14H20BrN3O2.C9H18N2O2.C5H3BrIN/c1-14(2,3)20-13(19)18-8-6-17(7-9-18)12-5-4-11(15)10-16-12;1-9(2,3)13-8(12)11-6-4-10-5-7-11;6-4-1-2-5(7)8-3-4/h4-5,10H,6-9H2,1-3H3;10H,4-7H2,1-3H3;1-3H. The lowest BCUT2D eigenvalue weighted by Crippen LogP contribution is -2.50. The molecule has 4 heterocycles. The minimum atomic E-state index is -0.443. The molecule has 1 N–H and O–H groups in total. The van der Waals surface area contributed by atoms with Crippen molar-refractivity contribution in [1.82, 2.24) is 25.1 Å². The fourth-order valence-corrected chi connectivity index (χ4v) is 4.32. The normalized spacial score (nSPS) is 15.6. The highest BCUT2D eigenvalue weighted by atomic mass is 127. The Labute approximate surface area is 274 Å². The van der Waals surface area contributed by atoms with Crippen LogP contribution >= 0.6 is 54.5 Å². The van der Waals surface area contributed by atoms with E-state index < -0.39 is 5.60 Å². The summed E-state index contributed by atoms with van der Waals surface area (Å²) < 4.78 is 13.6. The Balaban J connectivity index is 0.000000239. The molecule has 13 heteroatoms. The summed E-state index contributed by atoms with van der Waals surface area (Å²) in [7, 11) is 0. The first-order valence-electron chi connectivity index (χ1n) is 13.4. The third kappa shape index (κ3) is 14.8. The molecule has 2 aliphatic rings. The summed E-state index contributed by atoms with van der Waals surface area (Å²) in [5.41, 5.74) is -0.830. The summed E-state index contributed by atoms with van der Waals surface area (Å²) in [6.45, 7) is 17.4. The van der Waals surface area contributed by atoms with E-state index in [1.54, 1.807) is 22.2 Å². The maximum absolute atomic E-state index is 12.0. The van der Waals surface area contributed by atoms with Crippen LogP contribution in [0.5, 0.6) is 0 Å². The second kappa shape index (κ2) is 16.8. The summed E-state index contributed by atoms with van der Waals surface area (Å²) in [6.07, 6.45) is 3.13. The van der Waals surface area contributed by atoms with Crippen molar-refractivity contribution in [2.45, 2.75) is 52.7 Å². The molecular weight excluding hydrogens is 771 g/mol. The number of anilines is 1. The van der Waals surface area contributed by atoms with Crippen LogP contribution < -0.4 is 10.2 Å². The Bertz CT molecular complexity index is 1060. The highest BCUT2D eigenvalue weighted by molar-refractivity contribution is 14.1. The topological polar surface area (TPSA) is 100 Å². The van der Waals surface area contributed by atoms with E-state index in [0.29, 0.717) is 13.1 Å². The summed E-state index contributed by atoms with van der Waals surface area (Å²) in [4.78, 5) is 37.5. The average molecular weight is 812 g/mol. The molecule has 2 amide bonds. The molecule has 0 unspecified atom stereocenters. The van der Waals surface area contributed by atoms with Gasteiger partial charge in [0.15, 0.2) is 0 Å². The van der Waals surface area contributed by atoms with Crippen molar-refractivity contribution < 1.29 is 19.1 Å². The van der Waals surface area contributed by atoms with Crippen LogP contribution in [0.2, 0.25) is 0 Å². The van der Waals surface area contributed by atoms with E-state index >= 15 is 0 Å². The van der Waals surface area contributed by atoms with Gasteiger partial charge in [0, 0.05) is 73.7 Å². The molecule has 2 aromatic rings. The van der Waals surface area contributed by atoms with Crippen LogP contribution in [-0.4, -0.2) is 95.5 Å². The summed E-state index contributed by atoms with van der Waals surface area (Å²) >= 11 is 8.82. The molecule has 41 heavy (non-hydrogen) atoms. The lowest BCUT2D eigenvalue weighted by molar-refractivity contribution is 0.0223. The van der Waals surface area contributed by atoms with Crippen LogP contribution in [-0.2, 0) is 9.47 Å². The Morgan fingerprint density at radius 1 is 0.756 bits per heavy atom. The van der Waals surface area contributed by atoms with Gasteiger partial charge in [-0.1, -0.05) is 0 Å². The molecule has 228 valence electrons. The molecule has 2 fully saturated rings. The Morgan fingerprint density at radius 2 is 1.22 bits per heavy atom. The number of piperazine rings is 2. The Morgan fingerprint density at radius 3 is 1.61 bits per heavy atom. The molecule has 0 saturated carbocycles. The van der Waals surface area contributed by atoms with Gasteiger partial charge in [-0.2, -0.15) is 0 Å². The molecule has 0 bridgehead atoms. The number of aromatic nitrogens is 2. The van der Waals surface area contributed by atoms with Gasteiger partial charge in [-0.15, -0.1) is 0 Å². The largest absolute Gasteiger partial charge is 0.444 e. The van der Waals surface area contributed by atoms with Gasteiger partial charge in [0.1, 0.15) is 20.7 Å². The van der Waals surface area contributed by atoms with Gasteiger partial charge in [0.25, 0.3) is 0 Å². The number of carbonyl (C=O) groups is 2. The number of halogens is 3. The van der Waals surface area contributed by atoms with Crippen molar-refractivity contribution in [2.75, 3.05) is 57.3 Å². The van der Waals surface area contributed by atoms with Crippen LogP contribution in [0.3, 0.4) is 0 Å². The number of hydrogen-bond acceptors (Lipinski definition) is 8. The minimum Gasteiger partial charge on any atom is -0.444 e. The molecule has 2 saturated heterocycles. The maximum atomic E-state index is 12.0. The molecule has 0 spiro atoms. The first kappa shape index (κ1) is 35.5. The SMILES string of the molecule is Brc1ccc(I)nc1.CC(C)(C)OC(=O)N1CCN(c2ccc(Br)cn2)CC1.CC(C)(C)OC(=O)N1CCNCC1. The lowest BCUT2D eigenvalue weighted by Gasteiger charge is -2.36. The molecular formula is C28H41Br2IN6O4. The first-order chi connectivity index (χ1) is 19.1. The van der Waals surface area contributed by atoms with Gasteiger partial charge in [0.2, 0.25) is 0 Å². The van der Waals surface area contributed by atoms with E-state index in [4.69, 9.17) is 9.47 Å². The van der Waals surface area contributed by atoms with E-state index in [-0.39, 0.29) is 17.8 Å². The molecule has 0 atom stereocenters. The summed E-state index contributed by atoms with van der Waals surface area (Å²) in [5.74, 6) is 0.942. The van der Waals surface area contributed by atoms with Crippen LogP contribution in [0.1, 0.15) is 41.5 Å². The fraction of sp³-hybridized carbons (Fsp3) is 0.571. The van der Waals surface area contributed by atoms with Gasteiger partial charge < -0.3 is 29.5 Å². The monoisotopic (exact) mass is 810 g/mol. The highest BCUT2D eigenvalue weighted by Gasteiger charge is 2.26. The van der Waals surface area contributed by atoms with Crippen LogP contribution in [0.25, 0.3) is 0 Å². The Kier molecular flexibility index (Phi) is 14.5. The number of pyridine rings is 2. The second-order valence-electron chi connectivity index (χ2n) is 11.3. The van der Waals surface area contributed by atoms with Crippen LogP contribution in [0, 0.1) is 3.70 Å². The van der Waals surface area contributed by atoms with E-state index in [0.717, 1.165) is 57.7 Å². The van der Waals surface area contributed by atoms with Gasteiger partial charge in [-0.3, -0.25) is 0 Å². The number of carbonyl (C=O) groups excluding carboxylic acids is 2. The van der Waals surface area contributed by atoms with Crippen LogP contribution in [0.4, 0.5) is 15.4 Å². The maximum Gasteiger partial charge on any atom is 0.410 e. The number of amides is 2. The molecule has 2 aromatic heterocycles. The molecule has 4 rings (SSSR count). The van der Waals surface area contributed by atoms with Gasteiger partial charge in [-0.25, -0.2) is 19.6 Å². The van der Waals surface area contributed by atoms with Crippen molar-refractivity contribution in [3.63, 3.8) is 0 Å². The number of hydrogen-bond donors (Lipinski definition) is 1. The van der Waals surface area contributed by atoms with Crippen molar-refractivity contribution >= 4 is 72.5 Å². The van der Waals surface area contributed by atoms with Crippen molar-refractivity contribution in [1.29, 1.82) is 0 Å². The second-order valence-corrected chi connectivity index (χ2v) is 14.2. The average Bonchev–Trinajstić information content (AvgIpc) is 2.90. The number of nitrogens with zero attached hydrogens (tertiary/aromatic N) is 5. The van der Waals surface area contributed by atoms with E-state index in [9.17, 15) is 9.59 Å². The summed E-state index contributed by atoms with van der Waals surface area (Å²) in [5, 5.41) is 3.18. The molecule has 10 nitrogen and oxygen atoms in total. The highest BCUT2D eigenvalue weighted by Crippen LogP contribution is 2.18. The Hall–Kier alpha value is -1.71. The number of rotatable bonds is 1.